The highest BCUT2D eigenvalue weighted by Crippen LogP contribution is 2.34. The quantitative estimate of drug-likeness (QED) is 0.930. The van der Waals surface area contributed by atoms with Crippen molar-refractivity contribution in [3.8, 4) is 0 Å². The fraction of sp³-hybridized carbons (Fsp3) is 0.533. The van der Waals surface area contributed by atoms with Crippen LogP contribution in [0.2, 0.25) is 0 Å². The largest absolute Gasteiger partial charge is 0.387 e. The molecular weight excluding hydrogens is 256 g/mol. The molecule has 1 N–H and O–H groups in total. The van der Waals surface area contributed by atoms with Crippen LogP contribution >= 0.6 is 11.3 Å². The van der Waals surface area contributed by atoms with E-state index in [4.69, 9.17) is 0 Å². The van der Waals surface area contributed by atoms with E-state index in [9.17, 15) is 5.11 Å². The Bertz CT molecular complexity index is 549. The molecule has 0 aliphatic heterocycles. The van der Waals surface area contributed by atoms with Crippen LogP contribution in [0.4, 0.5) is 0 Å². The summed E-state index contributed by atoms with van der Waals surface area (Å²) in [5.41, 5.74) is 2.42. The number of aryl methyl sites for hydroxylation is 2. The van der Waals surface area contributed by atoms with E-state index < -0.39 is 6.10 Å². The zero-order chi connectivity index (χ0) is 13.4. The van der Waals surface area contributed by atoms with Gasteiger partial charge in [0.2, 0.25) is 0 Å². The van der Waals surface area contributed by atoms with Gasteiger partial charge in [0.05, 0.1) is 11.8 Å². The van der Waals surface area contributed by atoms with Gasteiger partial charge in [-0.05, 0) is 50.8 Å². The standard InChI is InChI=1S/C15H20N2OS/c1-10(2)17-7-6-12(16-17)9-13(18)15-8-11-4-3-5-14(11)19-15/h6-8,10,13,18H,3-5,9H2,1-2H3. The number of nitrogens with zero attached hydrogens (tertiary/aromatic N) is 2. The molecule has 2 aromatic heterocycles. The second kappa shape index (κ2) is 5.10. The highest BCUT2D eigenvalue weighted by atomic mass is 32.1. The van der Waals surface area contributed by atoms with Crippen LogP contribution in [0.3, 0.4) is 0 Å². The average Bonchev–Trinajstić information content (AvgIpc) is 3.02. The summed E-state index contributed by atoms with van der Waals surface area (Å²) in [4.78, 5) is 2.57. The highest BCUT2D eigenvalue weighted by molar-refractivity contribution is 7.12. The summed E-state index contributed by atoms with van der Waals surface area (Å²) in [5.74, 6) is 0. The van der Waals surface area contributed by atoms with Gasteiger partial charge in [-0.2, -0.15) is 5.10 Å². The fourth-order valence-corrected chi connectivity index (χ4v) is 3.83. The summed E-state index contributed by atoms with van der Waals surface area (Å²) < 4.78 is 1.94. The molecule has 0 aromatic carbocycles. The minimum absolute atomic E-state index is 0.372. The van der Waals surface area contributed by atoms with E-state index in [-0.39, 0.29) is 0 Å². The van der Waals surface area contributed by atoms with Crippen molar-refractivity contribution in [2.24, 2.45) is 0 Å². The summed E-state index contributed by atoms with van der Waals surface area (Å²) in [6.45, 7) is 4.22. The van der Waals surface area contributed by atoms with Gasteiger partial charge < -0.3 is 5.11 Å². The maximum atomic E-state index is 10.3. The van der Waals surface area contributed by atoms with Gasteiger partial charge in [0, 0.05) is 28.4 Å². The van der Waals surface area contributed by atoms with E-state index in [0.717, 1.165) is 10.6 Å². The van der Waals surface area contributed by atoms with E-state index >= 15 is 0 Å². The summed E-state index contributed by atoms with van der Waals surface area (Å²) >= 11 is 1.78. The Morgan fingerprint density at radius 3 is 2.95 bits per heavy atom. The highest BCUT2D eigenvalue weighted by Gasteiger charge is 2.19. The number of fused-ring (bicyclic) bond motifs is 1. The molecule has 2 heterocycles. The Morgan fingerprint density at radius 2 is 2.26 bits per heavy atom. The molecule has 1 unspecified atom stereocenters. The van der Waals surface area contributed by atoms with E-state index in [1.807, 2.05) is 16.9 Å². The molecule has 1 aliphatic carbocycles. The Balaban J connectivity index is 1.71. The number of aromatic nitrogens is 2. The van der Waals surface area contributed by atoms with E-state index in [2.05, 4.69) is 25.0 Å². The van der Waals surface area contributed by atoms with E-state index in [1.54, 1.807) is 11.3 Å². The van der Waals surface area contributed by atoms with Crippen LogP contribution in [-0.2, 0) is 19.3 Å². The van der Waals surface area contributed by atoms with Crippen molar-refractivity contribution in [2.75, 3.05) is 0 Å². The monoisotopic (exact) mass is 276 g/mol. The lowest BCUT2D eigenvalue weighted by Crippen LogP contribution is -2.04. The van der Waals surface area contributed by atoms with E-state index in [1.165, 1.54) is 29.7 Å². The smallest absolute Gasteiger partial charge is 0.0938 e. The van der Waals surface area contributed by atoms with Gasteiger partial charge in [-0.15, -0.1) is 11.3 Å². The first kappa shape index (κ1) is 12.9. The molecular formula is C15H20N2OS. The Labute approximate surface area is 117 Å². The van der Waals surface area contributed by atoms with E-state index in [0.29, 0.717) is 12.5 Å². The molecule has 1 atom stereocenters. The molecule has 3 rings (SSSR count). The molecule has 0 fully saturated rings. The van der Waals surface area contributed by atoms with Crippen molar-refractivity contribution in [2.45, 2.75) is 51.7 Å². The molecule has 102 valence electrons. The zero-order valence-electron chi connectivity index (χ0n) is 11.5. The minimum Gasteiger partial charge on any atom is -0.387 e. The molecule has 0 saturated heterocycles. The number of thiophene rings is 1. The van der Waals surface area contributed by atoms with Crippen molar-refractivity contribution in [1.82, 2.24) is 9.78 Å². The average molecular weight is 276 g/mol. The summed E-state index contributed by atoms with van der Waals surface area (Å²) in [6, 6.07) is 4.57. The normalized spacial score (nSPS) is 16.0. The molecule has 19 heavy (non-hydrogen) atoms. The van der Waals surface area contributed by atoms with Crippen LogP contribution in [0, 0.1) is 0 Å². The molecule has 2 aromatic rings. The number of hydrogen-bond acceptors (Lipinski definition) is 3. The summed E-state index contributed by atoms with van der Waals surface area (Å²) in [5, 5.41) is 14.8. The molecule has 3 nitrogen and oxygen atoms in total. The zero-order valence-corrected chi connectivity index (χ0v) is 12.3. The lowest BCUT2D eigenvalue weighted by Gasteiger charge is -2.07. The number of aliphatic hydroxyl groups is 1. The first-order valence-corrected chi connectivity index (χ1v) is 7.78. The number of rotatable bonds is 4. The summed E-state index contributed by atoms with van der Waals surface area (Å²) in [6.07, 6.45) is 5.83. The first-order chi connectivity index (χ1) is 9.13. The van der Waals surface area contributed by atoms with Crippen LogP contribution in [-0.4, -0.2) is 14.9 Å². The van der Waals surface area contributed by atoms with Crippen molar-refractivity contribution < 1.29 is 5.11 Å². The second-order valence-electron chi connectivity index (χ2n) is 5.55. The van der Waals surface area contributed by atoms with Gasteiger partial charge in [-0.25, -0.2) is 0 Å². The van der Waals surface area contributed by atoms with Crippen LogP contribution < -0.4 is 0 Å². The minimum atomic E-state index is -0.411. The van der Waals surface area contributed by atoms with Gasteiger partial charge >= 0.3 is 0 Å². The topological polar surface area (TPSA) is 38.0 Å². The van der Waals surface area contributed by atoms with Gasteiger partial charge in [0.25, 0.3) is 0 Å². The molecule has 0 spiro atoms. The van der Waals surface area contributed by atoms with Gasteiger partial charge in [-0.1, -0.05) is 0 Å². The Morgan fingerprint density at radius 1 is 1.42 bits per heavy atom. The third-order valence-electron chi connectivity index (χ3n) is 3.69. The maximum Gasteiger partial charge on any atom is 0.0938 e. The second-order valence-corrected chi connectivity index (χ2v) is 6.72. The predicted octanol–water partition coefficient (Wildman–Crippen LogP) is 3.29. The third-order valence-corrected chi connectivity index (χ3v) is 5.03. The van der Waals surface area contributed by atoms with Crippen LogP contribution in [0.25, 0.3) is 0 Å². The first-order valence-electron chi connectivity index (χ1n) is 6.97. The Kier molecular flexibility index (Phi) is 3.46. The maximum absolute atomic E-state index is 10.3. The van der Waals surface area contributed by atoms with Crippen molar-refractivity contribution in [1.29, 1.82) is 0 Å². The van der Waals surface area contributed by atoms with Crippen molar-refractivity contribution in [3.05, 3.63) is 39.3 Å². The van der Waals surface area contributed by atoms with Gasteiger partial charge in [-0.3, -0.25) is 4.68 Å². The van der Waals surface area contributed by atoms with Crippen LogP contribution in [0.15, 0.2) is 18.3 Å². The summed E-state index contributed by atoms with van der Waals surface area (Å²) in [7, 11) is 0. The molecule has 1 aliphatic rings. The lowest BCUT2D eigenvalue weighted by molar-refractivity contribution is 0.180. The van der Waals surface area contributed by atoms with Crippen LogP contribution in [0.1, 0.15) is 53.4 Å². The lowest BCUT2D eigenvalue weighted by atomic mass is 10.1. The molecule has 0 amide bonds. The van der Waals surface area contributed by atoms with Gasteiger partial charge in [0.1, 0.15) is 0 Å². The van der Waals surface area contributed by atoms with Crippen molar-refractivity contribution >= 4 is 11.3 Å². The molecule has 4 heteroatoms. The molecule has 0 bridgehead atoms. The predicted molar refractivity (Wildman–Crippen MR) is 77.6 cm³/mol. The Hall–Kier alpha value is -1.13. The van der Waals surface area contributed by atoms with Crippen molar-refractivity contribution in [3.63, 3.8) is 0 Å². The molecule has 0 saturated carbocycles. The third kappa shape index (κ3) is 2.60. The number of aliphatic hydroxyl groups excluding tert-OH is 1. The van der Waals surface area contributed by atoms with Crippen LogP contribution in [0.5, 0.6) is 0 Å². The molecule has 0 radical (unpaired) electrons. The SMILES string of the molecule is CC(C)n1ccc(CC(O)c2cc3c(s2)CCC3)n1. The van der Waals surface area contributed by atoms with Gasteiger partial charge in [0.15, 0.2) is 0 Å². The number of hydrogen-bond donors (Lipinski definition) is 1. The fourth-order valence-electron chi connectivity index (χ4n) is 2.59.